The minimum Gasteiger partial charge on any atom is -0.322 e. The lowest BCUT2D eigenvalue weighted by Crippen LogP contribution is -2.52. The summed E-state index contributed by atoms with van der Waals surface area (Å²) in [4.78, 5) is 43.0. The number of imide groups is 1. The molecule has 1 unspecified atom stereocenters. The molecule has 0 spiro atoms. The molecule has 1 N–H and O–H groups in total. The molecular weight excluding hydrogens is 550 g/mol. The third-order valence-electron chi connectivity index (χ3n) is 8.71. The fraction of sp³-hybridized carbons (Fsp3) is 0.452. The van der Waals surface area contributed by atoms with Crippen molar-refractivity contribution >= 4 is 34.9 Å². The number of piperidine rings is 1. The van der Waals surface area contributed by atoms with Crippen LogP contribution < -0.4 is 5.32 Å². The molecule has 3 amide bonds. The van der Waals surface area contributed by atoms with Crippen molar-refractivity contribution in [3.8, 4) is 0 Å². The molecule has 2 fully saturated rings. The van der Waals surface area contributed by atoms with E-state index < -0.39 is 17.9 Å². The number of halogens is 3. The van der Waals surface area contributed by atoms with Crippen LogP contribution in [0.2, 0.25) is 5.02 Å². The molecule has 1 aliphatic carbocycles. The highest BCUT2D eigenvalue weighted by molar-refractivity contribution is 6.30. The Labute approximate surface area is 243 Å². The zero-order valence-electron chi connectivity index (χ0n) is 22.8. The summed E-state index contributed by atoms with van der Waals surface area (Å²) in [5.74, 6) is -3.55. The minimum absolute atomic E-state index is 0.125. The van der Waals surface area contributed by atoms with Gasteiger partial charge in [0.25, 0.3) is 11.8 Å². The van der Waals surface area contributed by atoms with Crippen LogP contribution in [0, 0.1) is 0 Å². The molecule has 0 saturated carbocycles. The van der Waals surface area contributed by atoms with Gasteiger partial charge in [-0.2, -0.15) is 0 Å². The first-order valence-corrected chi connectivity index (χ1v) is 14.6. The van der Waals surface area contributed by atoms with Gasteiger partial charge in [-0.15, -0.1) is 0 Å². The van der Waals surface area contributed by atoms with E-state index in [0.717, 1.165) is 60.6 Å². The molecule has 0 bridgehead atoms. The lowest BCUT2D eigenvalue weighted by Gasteiger charge is -2.37. The summed E-state index contributed by atoms with van der Waals surface area (Å²) < 4.78 is 28.8. The zero-order chi connectivity index (χ0) is 28.7. The van der Waals surface area contributed by atoms with Crippen LogP contribution in [0.3, 0.4) is 0 Å². The number of carbonyl (C=O) groups excluding carboxylic acids is 3. The van der Waals surface area contributed by atoms with Crippen molar-refractivity contribution in [2.45, 2.75) is 57.2 Å². The SMILES string of the molecule is O=C1CCC(N2Cc3cc(CN4CCN(CC5=C(c6ccc(Cl)cc6)CCC(F)(F)C5)CC4)ccc3C2=O)C(=O)N1. The first-order valence-electron chi connectivity index (χ1n) is 14.2. The van der Waals surface area contributed by atoms with E-state index in [4.69, 9.17) is 11.6 Å². The van der Waals surface area contributed by atoms with Crippen LogP contribution in [0.5, 0.6) is 0 Å². The lowest BCUT2D eigenvalue weighted by molar-refractivity contribution is -0.136. The molecule has 4 aliphatic rings. The predicted molar refractivity (Wildman–Crippen MR) is 151 cm³/mol. The van der Waals surface area contributed by atoms with Gasteiger partial charge in [0, 0.05) is 75.7 Å². The van der Waals surface area contributed by atoms with E-state index in [1.54, 1.807) is 4.90 Å². The third kappa shape index (κ3) is 6.08. The van der Waals surface area contributed by atoms with Crippen LogP contribution in [-0.2, 0) is 22.7 Å². The molecule has 3 heterocycles. The number of fused-ring (bicyclic) bond motifs is 1. The predicted octanol–water partition coefficient (Wildman–Crippen LogP) is 4.49. The monoisotopic (exact) mass is 582 g/mol. The summed E-state index contributed by atoms with van der Waals surface area (Å²) in [7, 11) is 0. The van der Waals surface area contributed by atoms with E-state index in [9.17, 15) is 23.2 Å². The fourth-order valence-electron chi connectivity index (χ4n) is 6.50. The quantitative estimate of drug-likeness (QED) is 0.508. The van der Waals surface area contributed by atoms with Crippen molar-refractivity contribution < 1.29 is 23.2 Å². The standard InChI is InChI=1S/C31H33ClF2N4O3/c32-24-4-2-21(3-5-24)25-9-10-31(33,34)16-23(25)18-37-13-11-36(12-14-37)17-20-1-6-26-22(15-20)19-38(30(26)41)27-7-8-28(39)35-29(27)40/h1-6,15,27H,7-14,16-19H2,(H,35,39,40). The van der Waals surface area contributed by atoms with Crippen molar-refractivity contribution in [3.05, 3.63) is 75.3 Å². The van der Waals surface area contributed by atoms with Gasteiger partial charge in [-0.1, -0.05) is 35.9 Å². The molecule has 3 aliphatic heterocycles. The number of amides is 3. The molecule has 6 rings (SSSR count). The fourth-order valence-corrected chi connectivity index (χ4v) is 6.63. The maximum Gasteiger partial charge on any atom is 0.255 e. The molecule has 0 radical (unpaired) electrons. The van der Waals surface area contributed by atoms with Crippen LogP contribution in [0.15, 0.2) is 48.0 Å². The van der Waals surface area contributed by atoms with Gasteiger partial charge in [0.15, 0.2) is 0 Å². The molecule has 2 aromatic carbocycles. The first kappa shape index (κ1) is 28.0. The van der Waals surface area contributed by atoms with E-state index in [-0.39, 0.29) is 31.1 Å². The van der Waals surface area contributed by atoms with Crippen molar-refractivity contribution in [1.82, 2.24) is 20.0 Å². The molecular formula is C31H33ClF2N4O3. The maximum absolute atomic E-state index is 14.4. The number of carbonyl (C=O) groups is 3. The van der Waals surface area contributed by atoms with Crippen LogP contribution in [0.4, 0.5) is 8.78 Å². The normalized spacial score (nSPS) is 23.6. The Bertz CT molecular complexity index is 1400. The Morgan fingerprint density at radius 3 is 2.34 bits per heavy atom. The van der Waals surface area contributed by atoms with E-state index in [2.05, 4.69) is 15.1 Å². The van der Waals surface area contributed by atoms with Gasteiger partial charge in [-0.3, -0.25) is 29.5 Å². The highest BCUT2D eigenvalue weighted by Crippen LogP contribution is 2.41. The molecule has 1 atom stereocenters. The number of nitrogens with zero attached hydrogens (tertiary/aromatic N) is 3. The number of piperazine rings is 1. The average Bonchev–Trinajstić information content (AvgIpc) is 3.25. The van der Waals surface area contributed by atoms with Crippen molar-refractivity contribution in [2.24, 2.45) is 0 Å². The second-order valence-electron chi connectivity index (χ2n) is 11.6. The summed E-state index contributed by atoms with van der Waals surface area (Å²) in [5.41, 5.74) is 5.42. The van der Waals surface area contributed by atoms with Crippen LogP contribution in [0.1, 0.15) is 59.2 Å². The summed E-state index contributed by atoms with van der Waals surface area (Å²) in [6.07, 6.45) is 0.619. The molecule has 10 heteroatoms. The Kier molecular flexibility index (Phi) is 7.70. The van der Waals surface area contributed by atoms with Gasteiger partial charge in [-0.25, -0.2) is 8.78 Å². The van der Waals surface area contributed by atoms with Crippen LogP contribution >= 0.6 is 11.6 Å². The van der Waals surface area contributed by atoms with Crippen molar-refractivity contribution in [1.29, 1.82) is 0 Å². The van der Waals surface area contributed by atoms with Gasteiger partial charge in [-0.05, 0) is 58.9 Å². The summed E-state index contributed by atoms with van der Waals surface area (Å²) >= 11 is 6.05. The molecule has 2 saturated heterocycles. The Morgan fingerprint density at radius 2 is 1.63 bits per heavy atom. The highest BCUT2D eigenvalue weighted by atomic mass is 35.5. The Morgan fingerprint density at radius 1 is 0.927 bits per heavy atom. The topological polar surface area (TPSA) is 73.0 Å². The van der Waals surface area contributed by atoms with E-state index in [0.29, 0.717) is 36.5 Å². The summed E-state index contributed by atoms with van der Waals surface area (Å²) in [6.45, 7) is 4.84. The van der Waals surface area contributed by atoms with Gasteiger partial charge in [0.2, 0.25) is 11.8 Å². The second kappa shape index (κ2) is 11.3. The Hall–Kier alpha value is -3.14. The average molecular weight is 583 g/mol. The maximum atomic E-state index is 14.4. The van der Waals surface area contributed by atoms with Gasteiger partial charge >= 0.3 is 0 Å². The first-order chi connectivity index (χ1) is 19.6. The Balaban J connectivity index is 1.07. The highest BCUT2D eigenvalue weighted by Gasteiger charge is 2.39. The number of rotatable bonds is 6. The number of benzene rings is 2. The number of hydrogen-bond acceptors (Lipinski definition) is 5. The molecule has 0 aromatic heterocycles. The minimum atomic E-state index is -2.67. The third-order valence-corrected chi connectivity index (χ3v) is 8.96. The number of allylic oxidation sites excluding steroid dienone is 1. The molecule has 2 aromatic rings. The number of hydrogen-bond donors (Lipinski definition) is 1. The number of nitrogens with one attached hydrogen (secondary N) is 1. The zero-order valence-corrected chi connectivity index (χ0v) is 23.6. The number of alkyl halides is 2. The summed E-state index contributed by atoms with van der Waals surface area (Å²) in [6, 6.07) is 12.7. The van der Waals surface area contributed by atoms with E-state index >= 15 is 0 Å². The van der Waals surface area contributed by atoms with Crippen LogP contribution in [0.25, 0.3) is 5.57 Å². The smallest absolute Gasteiger partial charge is 0.255 e. The van der Waals surface area contributed by atoms with Crippen LogP contribution in [-0.4, -0.2) is 77.1 Å². The van der Waals surface area contributed by atoms with Gasteiger partial charge in [0.1, 0.15) is 6.04 Å². The molecule has 7 nitrogen and oxygen atoms in total. The largest absolute Gasteiger partial charge is 0.322 e. The summed E-state index contributed by atoms with van der Waals surface area (Å²) in [5, 5.41) is 2.97. The molecule has 41 heavy (non-hydrogen) atoms. The second-order valence-corrected chi connectivity index (χ2v) is 12.0. The van der Waals surface area contributed by atoms with Gasteiger partial charge in [0.05, 0.1) is 0 Å². The molecule has 216 valence electrons. The van der Waals surface area contributed by atoms with Crippen molar-refractivity contribution in [2.75, 3.05) is 32.7 Å². The van der Waals surface area contributed by atoms with E-state index in [1.807, 2.05) is 42.5 Å². The van der Waals surface area contributed by atoms with Gasteiger partial charge < -0.3 is 4.90 Å². The van der Waals surface area contributed by atoms with Crippen molar-refractivity contribution in [3.63, 3.8) is 0 Å². The lowest BCUT2D eigenvalue weighted by atomic mass is 9.85. The van der Waals surface area contributed by atoms with E-state index in [1.165, 1.54) is 0 Å².